The van der Waals surface area contributed by atoms with Gasteiger partial charge in [0.05, 0.1) is 0 Å². The monoisotopic (exact) mass is 309 g/mol. The Morgan fingerprint density at radius 1 is 1.09 bits per heavy atom. The van der Waals surface area contributed by atoms with E-state index in [-0.39, 0.29) is 17.5 Å². The number of nitrogens with one attached hydrogen (secondary N) is 2. The van der Waals surface area contributed by atoms with Crippen molar-refractivity contribution in [2.75, 3.05) is 13.1 Å². The summed E-state index contributed by atoms with van der Waals surface area (Å²) >= 11 is 0. The number of pyridine rings is 1. The highest BCUT2D eigenvalue weighted by Crippen LogP contribution is 2.03. The second kappa shape index (κ2) is 8.48. The van der Waals surface area contributed by atoms with Crippen molar-refractivity contribution in [3.8, 4) is 0 Å². The molecular weight excluding hydrogens is 290 g/mol. The lowest BCUT2D eigenvalue weighted by Gasteiger charge is -2.07. The fourth-order valence-corrected chi connectivity index (χ4v) is 2.02. The summed E-state index contributed by atoms with van der Waals surface area (Å²) in [5, 5.41) is 5.47. The molecule has 0 radical (unpaired) electrons. The van der Waals surface area contributed by atoms with Gasteiger partial charge in [-0.05, 0) is 24.1 Å². The van der Waals surface area contributed by atoms with E-state index in [1.54, 1.807) is 12.1 Å². The number of carbonyl (C=O) groups excluding carboxylic acids is 2. The van der Waals surface area contributed by atoms with Crippen LogP contribution in [0, 0.1) is 0 Å². The maximum Gasteiger partial charge on any atom is 0.270 e. The molecule has 1 aromatic carbocycles. The number of rotatable bonds is 7. The van der Waals surface area contributed by atoms with Crippen molar-refractivity contribution < 1.29 is 9.59 Å². The van der Waals surface area contributed by atoms with Crippen molar-refractivity contribution in [3.05, 3.63) is 78.1 Å². The molecule has 0 unspecified atom stereocenters. The number of benzene rings is 1. The van der Waals surface area contributed by atoms with Crippen LogP contribution in [0.3, 0.4) is 0 Å². The van der Waals surface area contributed by atoms with E-state index in [1.165, 1.54) is 12.3 Å². The van der Waals surface area contributed by atoms with Crippen LogP contribution in [0.4, 0.5) is 0 Å². The smallest absolute Gasteiger partial charge is 0.270 e. The molecule has 5 nitrogen and oxygen atoms in total. The SMILES string of the molecule is C=CCNC(=O)c1cc(C(=O)NCCc2ccccc2)ccn1. The largest absolute Gasteiger partial charge is 0.352 e. The molecule has 2 rings (SSSR count). The highest BCUT2D eigenvalue weighted by atomic mass is 16.2. The zero-order valence-corrected chi connectivity index (χ0v) is 12.8. The molecule has 0 saturated heterocycles. The maximum absolute atomic E-state index is 12.1. The predicted octanol–water partition coefficient (Wildman–Crippen LogP) is 1.97. The highest BCUT2D eigenvalue weighted by Gasteiger charge is 2.10. The Bertz CT molecular complexity index is 684. The van der Waals surface area contributed by atoms with Gasteiger partial charge >= 0.3 is 0 Å². The number of nitrogens with zero attached hydrogens (tertiary/aromatic N) is 1. The minimum absolute atomic E-state index is 0.211. The summed E-state index contributed by atoms with van der Waals surface area (Å²) in [6.45, 7) is 4.42. The molecule has 23 heavy (non-hydrogen) atoms. The van der Waals surface area contributed by atoms with E-state index >= 15 is 0 Å². The van der Waals surface area contributed by atoms with Crippen molar-refractivity contribution in [2.45, 2.75) is 6.42 Å². The zero-order chi connectivity index (χ0) is 16.5. The summed E-state index contributed by atoms with van der Waals surface area (Å²) in [7, 11) is 0. The van der Waals surface area contributed by atoms with Crippen LogP contribution < -0.4 is 10.6 Å². The summed E-state index contributed by atoms with van der Waals surface area (Å²) in [5.74, 6) is -0.551. The van der Waals surface area contributed by atoms with Crippen LogP contribution in [0.25, 0.3) is 0 Å². The van der Waals surface area contributed by atoms with Gasteiger partial charge in [0, 0.05) is 24.8 Å². The van der Waals surface area contributed by atoms with Crippen molar-refractivity contribution >= 4 is 11.8 Å². The summed E-state index contributed by atoms with van der Waals surface area (Å²) in [4.78, 5) is 27.9. The third-order valence-electron chi connectivity index (χ3n) is 3.20. The second-order valence-electron chi connectivity index (χ2n) is 4.92. The van der Waals surface area contributed by atoms with Gasteiger partial charge in [-0.1, -0.05) is 36.4 Å². The lowest BCUT2D eigenvalue weighted by atomic mass is 10.1. The second-order valence-corrected chi connectivity index (χ2v) is 4.92. The molecule has 0 aliphatic heterocycles. The number of hydrogen-bond donors (Lipinski definition) is 2. The molecule has 0 aliphatic rings. The molecule has 0 spiro atoms. The summed E-state index contributed by atoms with van der Waals surface area (Å²) < 4.78 is 0. The lowest BCUT2D eigenvalue weighted by molar-refractivity contribution is 0.0953. The summed E-state index contributed by atoms with van der Waals surface area (Å²) in [6.07, 6.45) is 3.79. The van der Waals surface area contributed by atoms with Crippen LogP contribution in [0.5, 0.6) is 0 Å². The van der Waals surface area contributed by atoms with Crippen LogP contribution in [-0.4, -0.2) is 29.9 Å². The Kier molecular flexibility index (Phi) is 6.06. The van der Waals surface area contributed by atoms with Crippen LogP contribution >= 0.6 is 0 Å². The van der Waals surface area contributed by atoms with Gasteiger partial charge in [0.15, 0.2) is 0 Å². The van der Waals surface area contributed by atoms with Gasteiger partial charge in [0.2, 0.25) is 0 Å². The fraction of sp³-hybridized carbons (Fsp3) is 0.167. The van der Waals surface area contributed by atoms with Crippen molar-refractivity contribution in [3.63, 3.8) is 0 Å². The summed E-state index contributed by atoms with van der Waals surface area (Å²) in [6, 6.07) is 13.0. The van der Waals surface area contributed by atoms with Crippen molar-refractivity contribution in [2.24, 2.45) is 0 Å². The molecule has 0 bridgehead atoms. The highest BCUT2D eigenvalue weighted by molar-refractivity contribution is 5.98. The fourth-order valence-electron chi connectivity index (χ4n) is 2.02. The molecule has 2 N–H and O–H groups in total. The van der Waals surface area contributed by atoms with E-state index in [2.05, 4.69) is 22.2 Å². The van der Waals surface area contributed by atoms with Gasteiger partial charge in [0.25, 0.3) is 11.8 Å². The number of carbonyl (C=O) groups is 2. The molecule has 0 aliphatic carbocycles. The van der Waals surface area contributed by atoms with Crippen molar-refractivity contribution in [1.82, 2.24) is 15.6 Å². The van der Waals surface area contributed by atoms with Crippen LogP contribution in [0.15, 0.2) is 61.3 Å². The molecule has 5 heteroatoms. The van der Waals surface area contributed by atoms with E-state index in [0.29, 0.717) is 18.7 Å². The van der Waals surface area contributed by atoms with E-state index in [9.17, 15) is 9.59 Å². The first kappa shape index (κ1) is 16.4. The third kappa shape index (κ3) is 5.07. The maximum atomic E-state index is 12.1. The first-order chi connectivity index (χ1) is 11.2. The molecule has 1 aromatic heterocycles. The quantitative estimate of drug-likeness (QED) is 0.768. The predicted molar refractivity (Wildman–Crippen MR) is 89.2 cm³/mol. The van der Waals surface area contributed by atoms with Crippen molar-refractivity contribution in [1.29, 1.82) is 0 Å². The van der Waals surface area contributed by atoms with Gasteiger partial charge in [-0.3, -0.25) is 14.6 Å². The van der Waals surface area contributed by atoms with E-state index in [0.717, 1.165) is 12.0 Å². The van der Waals surface area contributed by atoms with Gasteiger partial charge in [0.1, 0.15) is 5.69 Å². The van der Waals surface area contributed by atoms with Crippen LogP contribution in [0.2, 0.25) is 0 Å². The average Bonchev–Trinajstić information content (AvgIpc) is 2.60. The Labute approximate surface area is 135 Å². The van der Waals surface area contributed by atoms with E-state index in [1.807, 2.05) is 30.3 Å². The number of amides is 2. The number of hydrogen-bond acceptors (Lipinski definition) is 3. The minimum Gasteiger partial charge on any atom is -0.352 e. The molecule has 0 saturated carbocycles. The van der Waals surface area contributed by atoms with Gasteiger partial charge in [-0.25, -0.2) is 0 Å². The molecular formula is C18H19N3O2. The Morgan fingerprint density at radius 2 is 1.87 bits per heavy atom. The molecule has 1 heterocycles. The Hall–Kier alpha value is -2.95. The molecule has 2 amide bonds. The third-order valence-corrected chi connectivity index (χ3v) is 3.20. The lowest BCUT2D eigenvalue weighted by Crippen LogP contribution is -2.27. The molecule has 2 aromatic rings. The van der Waals surface area contributed by atoms with Crippen LogP contribution in [-0.2, 0) is 6.42 Å². The zero-order valence-electron chi connectivity index (χ0n) is 12.8. The molecule has 118 valence electrons. The minimum atomic E-state index is -0.330. The van der Waals surface area contributed by atoms with E-state index in [4.69, 9.17) is 0 Å². The van der Waals surface area contributed by atoms with E-state index < -0.39 is 0 Å². The van der Waals surface area contributed by atoms with Gasteiger partial charge < -0.3 is 10.6 Å². The first-order valence-electron chi connectivity index (χ1n) is 7.38. The summed E-state index contributed by atoms with van der Waals surface area (Å²) in [5.41, 5.74) is 1.78. The molecule has 0 fully saturated rings. The standard InChI is InChI=1S/C18H19N3O2/c1-2-10-20-18(23)16-13-15(9-12-19-16)17(22)21-11-8-14-6-4-3-5-7-14/h2-7,9,12-13H,1,8,10-11H2,(H,20,23)(H,21,22). The van der Waals surface area contributed by atoms with Crippen LogP contribution in [0.1, 0.15) is 26.4 Å². The Balaban J connectivity index is 1.91. The van der Waals surface area contributed by atoms with Gasteiger partial charge in [-0.15, -0.1) is 6.58 Å². The number of aromatic nitrogens is 1. The van der Waals surface area contributed by atoms with Gasteiger partial charge in [-0.2, -0.15) is 0 Å². The molecule has 0 atom stereocenters. The topological polar surface area (TPSA) is 71.1 Å². The normalized spacial score (nSPS) is 9.91. The first-order valence-corrected chi connectivity index (χ1v) is 7.38. The Morgan fingerprint density at radius 3 is 2.61 bits per heavy atom. The average molecular weight is 309 g/mol.